The van der Waals surface area contributed by atoms with Crippen LogP contribution in [0.3, 0.4) is 0 Å². The average molecular weight is 311 g/mol. The summed E-state index contributed by atoms with van der Waals surface area (Å²) in [6.45, 7) is 3.01. The van der Waals surface area contributed by atoms with Gasteiger partial charge in [0.25, 0.3) is 0 Å². The van der Waals surface area contributed by atoms with Crippen molar-refractivity contribution in [2.45, 2.75) is 18.2 Å². The number of ether oxygens (including phenoxy) is 1. The predicted molar refractivity (Wildman–Crippen MR) is 81.3 cm³/mol. The molecule has 0 saturated heterocycles. The van der Waals surface area contributed by atoms with E-state index < -0.39 is 10.0 Å². The van der Waals surface area contributed by atoms with Crippen molar-refractivity contribution >= 4 is 10.0 Å². The van der Waals surface area contributed by atoms with Crippen LogP contribution in [0, 0.1) is 11.8 Å². The third-order valence-electron chi connectivity index (χ3n) is 2.79. The predicted octanol–water partition coefficient (Wildman–Crippen LogP) is 1.08. The molecule has 0 heterocycles. The first-order valence-corrected chi connectivity index (χ1v) is 8.21. The number of rotatable bonds is 7. The van der Waals surface area contributed by atoms with Gasteiger partial charge in [-0.25, -0.2) is 8.42 Å². The number of benzene rings is 1. The second-order valence-electron chi connectivity index (χ2n) is 4.30. The molecule has 116 valence electrons. The minimum atomic E-state index is -3.60. The van der Waals surface area contributed by atoms with Crippen LogP contribution in [0.2, 0.25) is 0 Å². The second-order valence-corrected chi connectivity index (χ2v) is 6.31. The van der Waals surface area contributed by atoms with Crippen molar-refractivity contribution in [1.29, 1.82) is 0 Å². The molecule has 1 aromatic rings. The van der Waals surface area contributed by atoms with Gasteiger partial charge in [-0.15, -0.1) is 0 Å². The molecule has 0 aromatic heterocycles. The van der Waals surface area contributed by atoms with E-state index >= 15 is 0 Å². The lowest BCUT2D eigenvalue weighted by atomic mass is 10.2. The summed E-state index contributed by atoms with van der Waals surface area (Å²) in [5, 5.41) is 8.74. The summed E-state index contributed by atoms with van der Waals surface area (Å²) >= 11 is 0. The maximum absolute atomic E-state index is 12.5. The lowest BCUT2D eigenvalue weighted by Gasteiger charge is -2.17. The van der Waals surface area contributed by atoms with Crippen molar-refractivity contribution in [1.82, 2.24) is 4.31 Å². The van der Waals surface area contributed by atoms with E-state index in [2.05, 4.69) is 11.8 Å². The first kappa shape index (κ1) is 17.7. The molecule has 0 unspecified atom stereocenters. The van der Waals surface area contributed by atoms with Gasteiger partial charge in [0.1, 0.15) is 0 Å². The molecule has 6 heteroatoms. The van der Waals surface area contributed by atoms with E-state index in [1.54, 1.807) is 18.2 Å². The number of likely N-dealkylation sites (N-methyl/N-ethyl adjacent to an activating group) is 1. The Hall–Kier alpha value is -1.39. The van der Waals surface area contributed by atoms with Gasteiger partial charge in [0.15, 0.2) is 0 Å². The highest BCUT2D eigenvalue weighted by Gasteiger charge is 2.22. The molecule has 1 N–H and O–H groups in total. The number of sulfonamides is 1. The van der Waals surface area contributed by atoms with Gasteiger partial charge in [-0.05, 0) is 19.1 Å². The topological polar surface area (TPSA) is 66.8 Å². The van der Waals surface area contributed by atoms with Crippen LogP contribution in [-0.2, 0) is 14.8 Å². The van der Waals surface area contributed by atoms with E-state index in [-0.39, 0.29) is 18.0 Å². The van der Waals surface area contributed by atoms with E-state index in [1.165, 1.54) is 17.4 Å². The monoisotopic (exact) mass is 311 g/mol. The van der Waals surface area contributed by atoms with Crippen molar-refractivity contribution in [2.24, 2.45) is 0 Å². The van der Waals surface area contributed by atoms with Crippen molar-refractivity contribution < 1.29 is 18.3 Å². The largest absolute Gasteiger partial charge is 0.395 e. The molecule has 0 atom stereocenters. The van der Waals surface area contributed by atoms with Crippen LogP contribution in [-0.4, -0.2) is 51.2 Å². The lowest BCUT2D eigenvalue weighted by molar-refractivity contribution is 0.138. The van der Waals surface area contributed by atoms with Gasteiger partial charge >= 0.3 is 0 Å². The Kier molecular flexibility index (Phi) is 7.40. The molecular formula is C15H21NO4S. The van der Waals surface area contributed by atoms with Crippen molar-refractivity contribution in [3.63, 3.8) is 0 Å². The molecule has 0 aliphatic rings. The van der Waals surface area contributed by atoms with E-state index in [4.69, 9.17) is 9.84 Å². The molecule has 0 aliphatic carbocycles. The van der Waals surface area contributed by atoms with E-state index in [1.807, 2.05) is 6.92 Å². The summed E-state index contributed by atoms with van der Waals surface area (Å²) in [7, 11) is -2.08. The number of hydrogen-bond acceptors (Lipinski definition) is 4. The van der Waals surface area contributed by atoms with Crippen LogP contribution in [0.25, 0.3) is 0 Å². The minimum absolute atomic E-state index is 0.0455. The number of hydrogen-bond donors (Lipinski definition) is 1. The Bertz CT molecular complexity index is 602. The Labute approximate surface area is 126 Å². The van der Waals surface area contributed by atoms with E-state index in [0.717, 1.165) is 0 Å². The summed E-state index contributed by atoms with van der Waals surface area (Å²) in [5.74, 6) is 5.54. The molecule has 0 saturated carbocycles. The van der Waals surface area contributed by atoms with Crippen molar-refractivity contribution in [3.8, 4) is 11.8 Å². The van der Waals surface area contributed by atoms with Gasteiger partial charge in [0.2, 0.25) is 10.0 Å². The number of aliphatic hydroxyl groups excluding tert-OH is 1. The second kappa shape index (κ2) is 8.80. The molecular weight excluding hydrogens is 290 g/mol. The SMILES string of the molecule is CCOCCN(C)S(=O)(=O)c1ccccc1C#CCCO. The molecule has 0 aliphatic heterocycles. The zero-order chi connectivity index (χ0) is 15.7. The van der Waals surface area contributed by atoms with Gasteiger partial charge < -0.3 is 9.84 Å². The highest BCUT2D eigenvalue weighted by molar-refractivity contribution is 7.89. The zero-order valence-corrected chi connectivity index (χ0v) is 13.2. The molecule has 0 bridgehead atoms. The fraction of sp³-hybridized carbons (Fsp3) is 0.467. The first-order chi connectivity index (χ1) is 10.0. The summed E-state index contributed by atoms with van der Waals surface area (Å²) in [6, 6.07) is 6.60. The normalized spacial score (nSPS) is 11.2. The van der Waals surface area contributed by atoms with Gasteiger partial charge in [-0.1, -0.05) is 24.0 Å². The smallest absolute Gasteiger partial charge is 0.244 e. The fourth-order valence-electron chi connectivity index (χ4n) is 1.63. The standard InChI is InChI=1S/C15H21NO4S/c1-3-20-13-11-16(2)21(18,19)15-10-5-4-8-14(15)9-6-7-12-17/h4-5,8,10,17H,3,7,11-13H2,1-2H3. The Balaban J connectivity index is 3.00. The van der Waals surface area contributed by atoms with Crippen LogP contribution in [0.4, 0.5) is 0 Å². The Morgan fingerprint density at radius 3 is 2.71 bits per heavy atom. The third kappa shape index (κ3) is 5.14. The van der Waals surface area contributed by atoms with Crippen LogP contribution in [0.5, 0.6) is 0 Å². The lowest BCUT2D eigenvalue weighted by Crippen LogP contribution is -2.30. The van der Waals surface area contributed by atoms with Crippen molar-refractivity contribution in [3.05, 3.63) is 29.8 Å². The maximum Gasteiger partial charge on any atom is 0.244 e. The molecule has 0 fully saturated rings. The van der Waals surface area contributed by atoms with Crippen LogP contribution in [0.15, 0.2) is 29.2 Å². The minimum Gasteiger partial charge on any atom is -0.395 e. The van der Waals surface area contributed by atoms with Gasteiger partial charge in [0, 0.05) is 32.2 Å². The molecule has 5 nitrogen and oxygen atoms in total. The van der Waals surface area contributed by atoms with Gasteiger partial charge in [-0.2, -0.15) is 4.31 Å². The summed E-state index contributed by atoms with van der Waals surface area (Å²) < 4.78 is 31.5. The molecule has 1 aromatic carbocycles. The quantitative estimate of drug-likeness (QED) is 0.604. The van der Waals surface area contributed by atoms with Gasteiger partial charge in [-0.3, -0.25) is 0 Å². The highest BCUT2D eigenvalue weighted by Crippen LogP contribution is 2.18. The van der Waals surface area contributed by atoms with Crippen LogP contribution in [0.1, 0.15) is 18.9 Å². The van der Waals surface area contributed by atoms with Gasteiger partial charge in [0.05, 0.1) is 18.1 Å². The Morgan fingerprint density at radius 2 is 2.05 bits per heavy atom. The molecule has 21 heavy (non-hydrogen) atoms. The molecule has 0 spiro atoms. The molecule has 0 radical (unpaired) electrons. The highest BCUT2D eigenvalue weighted by atomic mass is 32.2. The van der Waals surface area contributed by atoms with Crippen LogP contribution >= 0.6 is 0 Å². The van der Waals surface area contributed by atoms with Crippen molar-refractivity contribution in [2.75, 3.05) is 33.4 Å². The zero-order valence-electron chi connectivity index (χ0n) is 12.4. The van der Waals surface area contributed by atoms with E-state index in [9.17, 15) is 8.42 Å². The van der Waals surface area contributed by atoms with E-state index in [0.29, 0.717) is 25.2 Å². The summed E-state index contributed by atoms with van der Waals surface area (Å²) in [4.78, 5) is 0.175. The van der Waals surface area contributed by atoms with Crippen LogP contribution < -0.4 is 0 Å². The summed E-state index contributed by atoms with van der Waals surface area (Å²) in [5.41, 5.74) is 0.439. The molecule has 1 rings (SSSR count). The summed E-state index contributed by atoms with van der Waals surface area (Å²) in [6.07, 6.45) is 0.314. The third-order valence-corrected chi connectivity index (χ3v) is 4.70. The maximum atomic E-state index is 12.5. The number of aliphatic hydroxyl groups is 1. The average Bonchev–Trinajstić information content (AvgIpc) is 2.48. The Morgan fingerprint density at radius 1 is 1.33 bits per heavy atom. The number of nitrogens with zero attached hydrogens (tertiary/aromatic N) is 1. The first-order valence-electron chi connectivity index (χ1n) is 6.77. The molecule has 0 amide bonds. The fourth-order valence-corrected chi connectivity index (χ4v) is 2.93.